The van der Waals surface area contributed by atoms with Gasteiger partial charge in [-0.15, -0.1) is 0 Å². The first-order valence-electron chi connectivity index (χ1n) is 2.72. The van der Waals surface area contributed by atoms with E-state index >= 15 is 0 Å². The molecule has 0 saturated carbocycles. The standard InChI is InChI=1S/C4H8F2O4S/c1-2-10-4(5,6)3-11(7,8)9/h2-3H2,1H3,(H,7,8,9)/p-1. The number of halogens is 2. The van der Waals surface area contributed by atoms with Gasteiger partial charge in [-0.25, -0.2) is 8.42 Å². The van der Waals surface area contributed by atoms with Crippen LogP contribution >= 0.6 is 0 Å². The zero-order valence-electron chi connectivity index (χ0n) is 5.71. The van der Waals surface area contributed by atoms with E-state index in [0.717, 1.165) is 0 Å². The van der Waals surface area contributed by atoms with Gasteiger partial charge in [-0.1, -0.05) is 0 Å². The third-order valence-corrected chi connectivity index (χ3v) is 1.39. The summed E-state index contributed by atoms with van der Waals surface area (Å²) < 4.78 is 57.3. The van der Waals surface area contributed by atoms with Crippen molar-refractivity contribution in [2.45, 2.75) is 13.0 Å². The van der Waals surface area contributed by atoms with E-state index < -0.39 is 22.0 Å². The molecule has 0 aromatic heterocycles. The van der Waals surface area contributed by atoms with Crippen molar-refractivity contribution in [3.63, 3.8) is 0 Å². The lowest BCUT2D eigenvalue weighted by Gasteiger charge is -2.16. The summed E-state index contributed by atoms with van der Waals surface area (Å²) in [5.74, 6) is -1.81. The van der Waals surface area contributed by atoms with E-state index in [-0.39, 0.29) is 6.61 Å². The zero-order valence-corrected chi connectivity index (χ0v) is 6.53. The van der Waals surface area contributed by atoms with Gasteiger partial charge in [-0.2, -0.15) is 8.78 Å². The molecule has 0 aliphatic rings. The molecular weight excluding hydrogens is 182 g/mol. The molecule has 68 valence electrons. The highest BCUT2D eigenvalue weighted by atomic mass is 32.2. The molecule has 0 N–H and O–H groups in total. The highest BCUT2D eigenvalue weighted by Gasteiger charge is 2.32. The molecule has 4 nitrogen and oxygen atoms in total. The molecule has 0 amide bonds. The van der Waals surface area contributed by atoms with Crippen molar-refractivity contribution in [1.82, 2.24) is 0 Å². The predicted octanol–water partition coefficient (Wildman–Crippen LogP) is 0.161. The molecule has 0 rings (SSSR count). The predicted molar refractivity (Wildman–Crippen MR) is 31.1 cm³/mol. The smallest absolute Gasteiger partial charge is 0.368 e. The van der Waals surface area contributed by atoms with E-state index in [0.29, 0.717) is 0 Å². The maximum absolute atomic E-state index is 12.1. The largest absolute Gasteiger partial charge is 0.748 e. The van der Waals surface area contributed by atoms with Crippen molar-refractivity contribution in [3.05, 3.63) is 0 Å². The second kappa shape index (κ2) is 3.42. The van der Waals surface area contributed by atoms with Crippen LogP contribution in [-0.4, -0.2) is 31.4 Å². The van der Waals surface area contributed by atoms with Gasteiger partial charge in [0.2, 0.25) is 0 Å². The van der Waals surface area contributed by atoms with Crippen LogP contribution in [0, 0.1) is 0 Å². The minimum absolute atomic E-state index is 0.345. The van der Waals surface area contributed by atoms with Gasteiger partial charge in [0.1, 0.15) is 15.9 Å². The first-order chi connectivity index (χ1) is 4.77. The van der Waals surface area contributed by atoms with Crippen molar-refractivity contribution in [2.24, 2.45) is 0 Å². The highest BCUT2D eigenvalue weighted by molar-refractivity contribution is 7.85. The maximum Gasteiger partial charge on any atom is 0.368 e. The summed E-state index contributed by atoms with van der Waals surface area (Å²) in [6.07, 6.45) is -3.87. The number of alkyl halides is 2. The van der Waals surface area contributed by atoms with Crippen LogP contribution in [0.25, 0.3) is 0 Å². The summed E-state index contributed by atoms with van der Waals surface area (Å²) in [6.45, 7) is 0.924. The van der Waals surface area contributed by atoms with Crippen molar-refractivity contribution >= 4 is 10.1 Å². The molecule has 0 spiro atoms. The Bertz CT molecular complexity index is 210. The van der Waals surface area contributed by atoms with Gasteiger partial charge >= 0.3 is 6.11 Å². The van der Waals surface area contributed by atoms with E-state index in [1.165, 1.54) is 6.92 Å². The quantitative estimate of drug-likeness (QED) is 0.591. The summed E-state index contributed by atoms with van der Waals surface area (Å²) in [5.41, 5.74) is 0. The molecule has 11 heavy (non-hydrogen) atoms. The zero-order chi connectivity index (χ0) is 9.12. The lowest BCUT2D eigenvalue weighted by atomic mass is 10.7. The van der Waals surface area contributed by atoms with E-state index in [1.54, 1.807) is 0 Å². The molecule has 0 radical (unpaired) electrons. The lowest BCUT2D eigenvalue weighted by Crippen LogP contribution is -2.30. The Kier molecular flexibility index (Phi) is 3.33. The van der Waals surface area contributed by atoms with Gasteiger partial charge in [0, 0.05) is 0 Å². The number of rotatable bonds is 4. The molecule has 0 aromatic carbocycles. The third-order valence-electron chi connectivity index (χ3n) is 0.700. The summed E-state index contributed by atoms with van der Waals surface area (Å²) in [5, 5.41) is 0. The summed E-state index contributed by atoms with van der Waals surface area (Å²) in [6, 6.07) is 0. The van der Waals surface area contributed by atoms with Gasteiger partial charge in [-0.3, -0.25) is 0 Å². The molecule has 0 aromatic rings. The Labute approximate surface area is 62.9 Å². The summed E-state index contributed by atoms with van der Waals surface area (Å²) >= 11 is 0. The fourth-order valence-electron chi connectivity index (χ4n) is 0.459. The van der Waals surface area contributed by atoms with Crippen molar-refractivity contribution in [3.8, 4) is 0 Å². The summed E-state index contributed by atoms with van der Waals surface area (Å²) in [7, 11) is -4.93. The van der Waals surface area contributed by atoms with Gasteiger partial charge in [0.05, 0.1) is 6.61 Å². The van der Waals surface area contributed by atoms with Crippen LogP contribution in [0.5, 0.6) is 0 Å². The van der Waals surface area contributed by atoms with Crippen LogP contribution in [0.1, 0.15) is 6.92 Å². The molecule has 0 unspecified atom stereocenters. The minimum Gasteiger partial charge on any atom is -0.748 e. The van der Waals surface area contributed by atoms with Gasteiger partial charge in [-0.05, 0) is 6.92 Å². The molecule has 0 saturated heterocycles. The van der Waals surface area contributed by atoms with Crippen molar-refractivity contribution < 1.29 is 26.5 Å². The van der Waals surface area contributed by atoms with Crippen LogP contribution in [0.2, 0.25) is 0 Å². The Morgan fingerprint density at radius 2 is 2.00 bits per heavy atom. The fraction of sp³-hybridized carbons (Fsp3) is 1.00. The molecule has 0 aliphatic carbocycles. The first kappa shape index (κ1) is 10.7. The normalized spacial score (nSPS) is 13.5. The van der Waals surface area contributed by atoms with Crippen LogP contribution in [0.15, 0.2) is 0 Å². The average molecular weight is 189 g/mol. The topological polar surface area (TPSA) is 66.4 Å². The second-order valence-electron chi connectivity index (χ2n) is 1.77. The summed E-state index contributed by atoms with van der Waals surface area (Å²) in [4.78, 5) is 0. The van der Waals surface area contributed by atoms with Crippen molar-refractivity contribution in [2.75, 3.05) is 12.4 Å². The fourth-order valence-corrected chi connectivity index (χ4v) is 0.954. The van der Waals surface area contributed by atoms with Crippen LogP contribution in [-0.2, 0) is 14.9 Å². The Morgan fingerprint density at radius 3 is 2.27 bits per heavy atom. The molecule has 0 atom stereocenters. The van der Waals surface area contributed by atoms with E-state index in [4.69, 9.17) is 0 Å². The Morgan fingerprint density at radius 1 is 1.55 bits per heavy atom. The van der Waals surface area contributed by atoms with Crippen molar-refractivity contribution in [1.29, 1.82) is 0 Å². The van der Waals surface area contributed by atoms with E-state index in [2.05, 4.69) is 4.74 Å². The average Bonchev–Trinajstić information content (AvgIpc) is 1.55. The van der Waals surface area contributed by atoms with Gasteiger partial charge in [0.15, 0.2) is 0 Å². The van der Waals surface area contributed by atoms with Gasteiger partial charge < -0.3 is 9.29 Å². The molecule has 0 aliphatic heterocycles. The number of hydrogen-bond acceptors (Lipinski definition) is 4. The maximum atomic E-state index is 12.1. The van der Waals surface area contributed by atoms with E-state index in [9.17, 15) is 21.8 Å². The SMILES string of the molecule is CCOC(F)(F)CS(=O)(=O)[O-]. The van der Waals surface area contributed by atoms with E-state index in [1.807, 2.05) is 0 Å². The minimum atomic E-state index is -4.93. The number of hydrogen-bond donors (Lipinski definition) is 0. The lowest BCUT2D eigenvalue weighted by molar-refractivity contribution is -0.218. The first-order valence-corrected chi connectivity index (χ1v) is 4.30. The molecular formula is C4H7F2O4S-. The van der Waals surface area contributed by atoms with Crippen LogP contribution in [0.4, 0.5) is 8.78 Å². The second-order valence-corrected chi connectivity index (χ2v) is 3.18. The van der Waals surface area contributed by atoms with Crippen LogP contribution < -0.4 is 0 Å². The van der Waals surface area contributed by atoms with Crippen LogP contribution in [0.3, 0.4) is 0 Å². The Hall–Kier alpha value is -0.270. The van der Waals surface area contributed by atoms with Gasteiger partial charge in [0.25, 0.3) is 0 Å². The monoisotopic (exact) mass is 189 g/mol. The molecule has 0 bridgehead atoms. The number of ether oxygens (including phenoxy) is 1. The molecule has 0 heterocycles. The third kappa shape index (κ3) is 6.14. The Balaban J connectivity index is 4.13. The molecule has 0 fully saturated rings. The highest BCUT2D eigenvalue weighted by Crippen LogP contribution is 2.16. The molecule has 7 heteroatoms.